The van der Waals surface area contributed by atoms with Gasteiger partial charge in [-0.05, 0) is 25.0 Å². The summed E-state index contributed by atoms with van der Waals surface area (Å²) >= 11 is 0. The Kier molecular flexibility index (Phi) is 3.63. The summed E-state index contributed by atoms with van der Waals surface area (Å²) in [5.41, 5.74) is 2.23. The van der Waals surface area contributed by atoms with Gasteiger partial charge in [-0.3, -0.25) is 9.59 Å². The molecule has 2 amide bonds. The van der Waals surface area contributed by atoms with E-state index in [-0.39, 0.29) is 11.8 Å². The molecule has 2 aromatic rings. The Hall–Kier alpha value is -2.70. The molecule has 108 valence electrons. The first-order chi connectivity index (χ1) is 10.2. The molecule has 3 rings (SSSR count). The van der Waals surface area contributed by atoms with E-state index in [1.54, 1.807) is 12.3 Å². The number of carbonyl (C=O) groups is 2. The normalized spacial score (nSPS) is 18.1. The highest BCUT2D eigenvalue weighted by atomic mass is 16.2. The minimum absolute atomic E-state index is 0.0715. The predicted molar refractivity (Wildman–Crippen MR) is 76.2 cm³/mol. The number of anilines is 1. The third-order valence-electron chi connectivity index (χ3n) is 3.39. The van der Waals surface area contributed by atoms with E-state index in [0.717, 1.165) is 12.0 Å². The number of benzene rings is 1. The van der Waals surface area contributed by atoms with Crippen molar-refractivity contribution in [1.29, 1.82) is 0 Å². The molecule has 0 radical (unpaired) electrons. The van der Waals surface area contributed by atoms with E-state index in [1.165, 1.54) is 0 Å². The van der Waals surface area contributed by atoms with Crippen LogP contribution in [0.5, 0.6) is 0 Å². The van der Waals surface area contributed by atoms with Crippen molar-refractivity contribution in [3.63, 3.8) is 0 Å². The first-order valence-corrected chi connectivity index (χ1v) is 6.79. The molecule has 1 aliphatic heterocycles. The lowest BCUT2D eigenvalue weighted by Gasteiger charge is -2.22. The number of aromatic nitrogens is 3. The number of aromatic amines is 1. The number of nitrogens with one attached hydrogen (secondary N) is 3. The Bertz CT molecular complexity index is 653. The Morgan fingerprint density at radius 2 is 2.29 bits per heavy atom. The fourth-order valence-electron chi connectivity index (χ4n) is 2.33. The molecule has 1 aliphatic rings. The van der Waals surface area contributed by atoms with Crippen LogP contribution in [0.15, 0.2) is 30.5 Å². The van der Waals surface area contributed by atoms with Gasteiger partial charge in [0.25, 0.3) is 0 Å². The van der Waals surface area contributed by atoms with E-state index in [4.69, 9.17) is 0 Å². The standard InChI is InChI=1S/C14H15N5O2/c20-13-6-2-5-11(17-13)14(21)16-10-4-1-3-9(7-10)12-8-15-19-18-12/h1,3-4,7-8,11H,2,5-6H2,(H,16,21)(H,17,20)(H,15,18,19). The zero-order valence-electron chi connectivity index (χ0n) is 11.3. The molecule has 0 spiro atoms. The smallest absolute Gasteiger partial charge is 0.246 e. The highest BCUT2D eigenvalue weighted by Gasteiger charge is 2.24. The van der Waals surface area contributed by atoms with Crippen molar-refractivity contribution in [2.24, 2.45) is 0 Å². The van der Waals surface area contributed by atoms with E-state index in [9.17, 15) is 9.59 Å². The molecule has 2 heterocycles. The fourth-order valence-corrected chi connectivity index (χ4v) is 2.33. The molecule has 7 heteroatoms. The maximum absolute atomic E-state index is 12.2. The van der Waals surface area contributed by atoms with Gasteiger partial charge in [0, 0.05) is 17.7 Å². The predicted octanol–water partition coefficient (Wildman–Crippen LogP) is 1.08. The molecular formula is C14H15N5O2. The molecule has 0 aliphatic carbocycles. The van der Waals surface area contributed by atoms with Gasteiger partial charge in [0.1, 0.15) is 11.7 Å². The van der Waals surface area contributed by atoms with Crippen LogP contribution in [0.25, 0.3) is 11.3 Å². The summed E-state index contributed by atoms with van der Waals surface area (Å²) in [7, 11) is 0. The van der Waals surface area contributed by atoms with E-state index in [0.29, 0.717) is 24.2 Å². The van der Waals surface area contributed by atoms with Crippen LogP contribution in [0.3, 0.4) is 0 Å². The van der Waals surface area contributed by atoms with Crippen LogP contribution in [-0.4, -0.2) is 33.3 Å². The highest BCUT2D eigenvalue weighted by molar-refractivity contribution is 5.98. The van der Waals surface area contributed by atoms with E-state index < -0.39 is 6.04 Å². The van der Waals surface area contributed by atoms with Gasteiger partial charge in [0.15, 0.2) is 0 Å². The van der Waals surface area contributed by atoms with E-state index in [2.05, 4.69) is 26.0 Å². The third-order valence-corrected chi connectivity index (χ3v) is 3.39. The molecule has 1 aromatic carbocycles. The molecule has 3 N–H and O–H groups in total. The third kappa shape index (κ3) is 3.07. The molecule has 1 fully saturated rings. The van der Waals surface area contributed by atoms with Gasteiger partial charge in [-0.15, -0.1) is 0 Å². The Balaban J connectivity index is 1.71. The Morgan fingerprint density at radius 3 is 3.05 bits per heavy atom. The monoisotopic (exact) mass is 285 g/mol. The number of nitrogens with zero attached hydrogens (tertiary/aromatic N) is 2. The molecule has 1 saturated heterocycles. The van der Waals surface area contributed by atoms with Gasteiger partial charge in [-0.25, -0.2) is 0 Å². The second-order valence-electron chi connectivity index (χ2n) is 4.94. The van der Waals surface area contributed by atoms with Crippen molar-refractivity contribution in [1.82, 2.24) is 20.7 Å². The lowest BCUT2D eigenvalue weighted by atomic mass is 10.0. The first kappa shape index (κ1) is 13.3. The summed E-state index contributed by atoms with van der Waals surface area (Å²) < 4.78 is 0. The topological polar surface area (TPSA) is 99.8 Å². The van der Waals surface area contributed by atoms with Crippen molar-refractivity contribution in [3.05, 3.63) is 30.5 Å². The second-order valence-corrected chi connectivity index (χ2v) is 4.94. The molecule has 21 heavy (non-hydrogen) atoms. The largest absolute Gasteiger partial charge is 0.344 e. The minimum atomic E-state index is -0.457. The van der Waals surface area contributed by atoms with Gasteiger partial charge in [0.2, 0.25) is 11.8 Å². The quantitative estimate of drug-likeness (QED) is 0.785. The molecule has 0 saturated carbocycles. The average Bonchev–Trinajstić information content (AvgIpc) is 3.02. The molecular weight excluding hydrogens is 270 g/mol. The number of rotatable bonds is 3. The van der Waals surface area contributed by atoms with Gasteiger partial charge in [-0.2, -0.15) is 15.4 Å². The summed E-state index contributed by atoms with van der Waals surface area (Å²) in [6, 6.07) is 6.88. The van der Waals surface area contributed by atoms with Gasteiger partial charge >= 0.3 is 0 Å². The maximum Gasteiger partial charge on any atom is 0.246 e. The van der Waals surface area contributed by atoms with Gasteiger partial charge in [-0.1, -0.05) is 12.1 Å². The van der Waals surface area contributed by atoms with Crippen LogP contribution in [0.4, 0.5) is 5.69 Å². The second kappa shape index (κ2) is 5.74. The van der Waals surface area contributed by atoms with Crippen LogP contribution in [0.1, 0.15) is 19.3 Å². The lowest BCUT2D eigenvalue weighted by Crippen LogP contribution is -2.46. The fraction of sp³-hybridized carbons (Fsp3) is 0.286. The zero-order valence-corrected chi connectivity index (χ0v) is 11.3. The van der Waals surface area contributed by atoms with Crippen LogP contribution >= 0.6 is 0 Å². The Morgan fingerprint density at radius 1 is 1.38 bits per heavy atom. The molecule has 1 atom stereocenters. The summed E-state index contributed by atoms with van der Waals surface area (Å²) in [6.45, 7) is 0. The Labute approximate surface area is 121 Å². The van der Waals surface area contributed by atoms with Crippen LogP contribution in [0.2, 0.25) is 0 Å². The van der Waals surface area contributed by atoms with Crippen molar-refractivity contribution in [3.8, 4) is 11.3 Å². The van der Waals surface area contributed by atoms with Crippen molar-refractivity contribution in [2.75, 3.05) is 5.32 Å². The van der Waals surface area contributed by atoms with Crippen LogP contribution in [-0.2, 0) is 9.59 Å². The van der Waals surface area contributed by atoms with Gasteiger partial charge < -0.3 is 10.6 Å². The summed E-state index contributed by atoms with van der Waals surface area (Å²) in [5, 5.41) is 15.8. The summed E-state index contributed by atoms with van der Waals surface area (Å²) in [4.78, 5) is 23.5. The number of hydrogen-bond donors (Lipinski definition) is 3. The first-order valence-electron chi connectivity index (χ1n) is 6.79. The molecule has 1 aromatic heterocycles. The maximum atomic E-state index is 12.2. The van der Waals surface area contributed by atoms with Crippen molar-refractivity contribution in [2.45, 2.75) is 25.3 Å². The van der Waals surface area contributed by atoms with E-state index in [1.807, 2.05) is 18.2 Å². The molecule has 7 nitrogen and oxygen atoms in total. The van der Waals surface area contributed by atoms with Gasteiger partial charge in [0.05, 0.1) is 6.20 Å². The zero-order chi connectivity index (χ0) is 14.7. The number of carbonyl (C=O) groups excluding carboxylic acids is 2. The highest BCUT2D eigenvalue weighted by Crippen LogP contribution is 2.20. The number of H-pyrrole nitrogens is 1. The van der Waals surface area contributed by atoms with Crippen molar-refractivity contribution >= 4 is 17.5 Å². The van der Waals surface area contributed by atoms with Crippen molar-refractivity contribution < 1.29 is 9.59 Å². The number of hydrogen-bond acceptors (Lipinski definition) is 4. The number of piperidine rings is 1. The van der Waals surface area contributed by atoms with Crippen LogP contribution in [0, 0.1) is 0 Å². The molecule has 1 unspecified atom stereocenters. The van der Waals surface area contributed by atoms with E-state index >= 15 is 0 Å². The minimum Gasteiger partial charge on any atom is -0.344 e. The lowest BCUT2D eigenvalue weighted by molar-refractivity contribution is -0.128. The summed E-state index contributed by atoms with van der Waals surface area (Å²) in [6.07, 6.45) is 3.51. The summed E-state index contributed by atoms with van der Waals surface area (Å²) in [5.74, 6) is -0.266. The molecule has 0 bridgehead atoms. The van der Waals surface area contributed by atoms with Crippen LogP contribution < -0.4 is 10.6 Å². The average molecular weight is 285 g/mol. The number of amides is 2. The SMILES string of the molecule is O=C1CCCC(C(=O)Nc2cccc(-c3cn[nH]n3)c2)N1.